The third-order valence-electron chi connectivity index (χ3n) is 1.12. The van der Waals surface area contributed by atoms with E-state index in [2.05, 4.69) is 0 Å². The number of methoxy groups -OCH3 is 1. The molecule has 0 aromatic heterocycles. The van der Waals surface area contributed by atoms with Gasteiger partial charge >= 0.3 is 0 Å². The molecule has 0 rings (SSSR count). The van der Waals surface area contributed by atoms with Crippen LogP contribution in [0.2, 0.25) is 0 Å². The zero-order chi connectivity index (χ0) is 7.33. The van der Waals surface area contributed by atoms with Crippen molar-refractivity contribution in [1.82, 2.24) is 0 Å². The highest BCUT2D eigenvalue weighted by molar-refractivity contribution is 6.18. The van der Waals surface area contributed by atoms with E-state index in [0.717, 1.165) is 0 Å². The van der Waals surface area contributed by atoms with Crippen molar-refractivity contribution >= 4 is 11.6 Å². The maximum absolute atomic E-state index is 5.54. The molecular weight excluding hydrogens is 140 g/mol. The van der Waals surface area contributed by atoms with Crippen molar-refractivity contribution in [3.8, 4) is 0 Å². The van der Waals surface area contributed by atoms with Crippen molar-refractivity contribution in [1.29, 1.82) is 0 Å². The molecule has 0 aliphatic heterocycles. The molecule has 1 atom stereocenters. The number of alkyl halides is 1. The van der Waals surface area contributed by atoms with E-state index >= 15 is 0 Å². The Morgan fingerprint density at radius 2 is 2.11 bits per heavy atom. The maximum atomic E-state index is 5.54. The summed E-state index contributed by atoms with van der Waals surface area (Å²) in [5, 5.41) is 0. The fourth-order valence-corrected chi connectivity index (χ4v) is 0.644. The molecule has 0 fully saturated rings. The van der Waals surface area contributed by atoms with Crippen LogP contribution in [0.25, 0.3) is 0 Å². The lowest BCUT2D eigenvalue weighted by atomic mass is 10.4. The van der Waals surface area contributed by atoms with Crippen molar-refractivity contribution in [2.24, 2.45) is 0 Å². The summed E-state index contributed by atoms with van der Waals surface area (Å²) in [5.41, 5.74) is 0. The molecule has 9 heavy (non-hydrogen) atoms. The second-order valence-electron chi connectivity index (χ2n) is 1.90. The molecule has 0 aliphatic carbocycles. The highest BCUT2D eigenvalue weighted by atomic mass is 35.5. The fourth-order valence-electron chi connectivity index (χ4n) is 0.457. The van der Waals surface area contributed by atoms with Gasteiger partial charge in [-0.2, -0.15) is 0 Å². The number of rotatable bonds is 4. The van der Waals surface area contributed by atoms with E-state index in [-0.39, 0.29) is 0 Å². The highest BCUT2D eigenvalue weighted by Gasteiger charge is 2.21. The summed E-state index contributed by atoms with van der Waals surface area (Å²) in [4.78, 5) is 0. The monoisotopic (exact) mass is 152 g/mol. The van der Waals surface area contributed by atoms with Crippen LogP contribution in [-0.4, -0.2) is 25.4 Å². The predicted octanol–water partition coefficient (Wildman–Crippen LogP) is 1.62. The number of halogens is 1. The zero-order valence-corrected chi connectivity index (χ0v) is 6.86. The molecule has 3 heteroatoms. The number of hydrogen-bond acceptors (Lipinski definition) is 2. The van der Waals surface area contributed by atoms with Crippen LogP contribution in [0.3, 0.4) is 0 Å². The van der Waals surface area contributed by atoms with Gasteiger partial charge < -0.3 is 9.47 Å². The molecule has 0 aliphatic rings. The van der Waals surface area contributed by atoms with E-state index in [9.17, 15) is 0 Å². The molecule has 1 unspecified atom stereocenters. The maximum Gasteiger partial charge on any atom is 0.178 e. The second-order valence-corrected chi connectivity index (χ2v) is 2.17. The fraction of sp³-hybridized carbons (Fsp3) is 1.00. The smallest absolute Gasteiger partial charge is 0.178 e. The van der Waals surface area contributed by atoms with Gasteiger partial charge in [0.15, 0.2) is 5.79 Å². The molecular formula is C6H13ClO2. The standard InChI is InChI=1S/C6H13ClO2/c1-4-9-6(2,5-7)8-3/h4-5H2,1-3H3. The van der Waals surface area contributed by atoms with Gasteiger partial charge in [-0.25, -0.2) is 0 Å². The first-order valence-corrected chi connectivity index (χ1v) is 3.47. The Labute approximate surface area is 61.1 Å². The Balaban J connectivity index is 3.62. The first kappa shape index (κ1) is 9.21. The van der Waals surface area contributed by atoms with E-state index < -0.39 is 5.79 Å². The second kappa shape index (κ2) is 4.09. The van der Waals surface area contributed by atoms with Gasteiger partial charge in [0.2, 0.25) is 0 Å². The molecule has 0 aromatic carbocycles. The van der Waals surface area contributed by atoms with Gasteiger partial charge in [0.05, 0.1) is 5.88 Å². The third kappa shape index (κ3) is 3.04. The molecule has 0 saturated heterocycles. The van der Waals surface area contributed by atoms with E-state index in [1.54, 1.807) is 7.11 Å². The SMILES string of the molecule is CCOC(C)(CCl)OC. The van der Waals surface area contributed by atoms with E-state index in [4.69, 9.17) is 21.1 Å². The van der Waals surface area contributed by atoms with E-state index in [1.807, 2.05) is 13.8 Å². The van der Waals surface area contributed by atoms with Crippen molar-refractivity contribution in [2.75, 3.05) is 19.6 Å². The van der Waals surface area contributed by atoms with Crippen molar-refractivity contribution in [3.05, 3.63) is 0 Å². The van der Waals surface area contributed by atoms with E-state index in [0.29, 0.717) is 12.5 Å². The van der Waals surface area contributed by atoms with Crippen LogP contribution in [-0.2, 0) is 9.47 Å². The summed E-state index contributed by atoms with van der Waals surface area (Å²) in [7, 11) is 1.58. The van der Waals surface area contributed by atoms with Crippen LogP contribution in [0.15, 0.2) is 0 Å². The molecule has 56 valence electrons. The van der Waals surface area contributed by atoms with Gasteiger partial charge in [-0.3, -0.25) is 0 Å². The van der Waals surface area contributed by atoms with Gasteiger partial charge in [0, 0.05) is 13.7 Å². The molecule has 0 saturated carbocycles. The molecule has 0 radical (unpaired) electrons. The summed E-state index contributed by atoms with van der Waals surface area (Å²) in [6.45, 7) is 4.34. The van der Waals surface area contributed by atoms with Crippen LogP contribution in [0.4, 0.5) is 0 Å². The van der Waals surface area contributed by atoms with Crippen LogP contribution in [0, 0.1) is 0 Å². The quantitative estimate of drug-likeness (QED) is 0.450. The Morgan fingerprint density at radius 1 is 1.56 bits per heavy atom. The summed E-state index contributed by atoms with van der Waals surface area (Å²) in [6.07, 6.45) is 0. The van der Waals surface area contributed by atoms with Crippen molar-refractivity contribution in [2.45, 2.75) is 19.6 Å². The largest absolute Gasteiger partial charge is 0.352 e. The summed E-state index contributed by atoms with van der Waals surface area (Å²) >= 11 is 5.54. The van der Waals surface area contributed by atoms with Crippen LogP contribution in [0.1, 0.15) is 13.8 Å². The lowest BCUT2D eigenvalue weighted by Crippen LogP contribution is -2.32. The van der Waals surface area contributed by atoms with Crippen LogP contribution < -0.4 is 0 Å². The Hall–Kier alpha value is 0.210. The van der Waals surface area contributed by atoms with Crippen molar-refractivity contribution in [3.63, 3.8) is 0 Å². The molecule has 0 spiro atoms. The lowest BCUT2D eigenvalue weighted by Gasteiger charge is -2.24. The van der Waals surface area contributed by atoms with Gasteiger partial charge in [-0.1, -0.05) is 0 Å². The van der Waals surface area contributed by atoms with Gasteiger partial charge in [-0.15, -0.1) is 11.6 Å². The first-order chi connectivity index (χ1) is 4.18. The molecule has 0 amide bonds. The van der Waals surface area contributed by atoms with Crippen LogP contribution >= 0.6 is 11.6 Å². The van der Waals surface area contributed by atoms with Gasteiger partial charge in [0.25, 0.3) is 0 Å². The summed E-state index contributed by atoms with van der Waals surface area (Å²) in [6, 6.07) is 0. The minimum Gasteiger partial charge on any atom is -0.352 e. The topological polar surface area (TPSA) is 18.5 Å². The summed E-state index contributed by atoms with van der Waals surface area (Å²) < 4.78 is 10.1. The van der Waals surface area contributed by atoms with Gasteiger partial charge in [-0.05, 0) is 13.8 Å². The molecule has 0 N–H and O–H groups in total. The van der Waals surface area contributed by atoms with Gasteiger partial charge in [0.1, 0.15) is 0 Å². The molecule has 0 heterocycles. The summed E-state index contributed by atoms with van der Waals surface area (Å²) in [5.74, 6) is -0.242. The predicted molar refractivity (Wildman–Crippen MR) is 37.8 cm³/mol. The molecule has 0 bridgehead atoms. The third-order valence-corrected chi connectivity index (χ3v) is 1.61. The Morgan fingerprint density at radius 3 is 2.22 bits per heavy atom. The number of ether oxygens (including phenoxy) is 2. The Kier molecular flexibility index (Phi) is 4.19. The average molecular weight is 153 g/mol. The normalized spacial score (nSPS) is 17.3. The highest BCUT2D eigenvalue weighted by Crippen LogP contribution is 2.12. The first-order valence-electron chi connectivity index (χ1n) is 2.93. The lowest BCUT2D eigenvalue weighted by molar-refractivity contribution is -0.191. The molecule has 2 nitrogen and oxygen atoms in total. The minimum atomic E-state index is -0.601. The minimum absolute atomic E-state index is 0.358. The molecule has 0 aromatic rings. The van der Waals surface area contributed by atoms with E-state index in [1.165, 1.54) is 0 Å². The Bertz CT molecular complexity index is 71.5. The zero-order valence-electron chi connectivity index (χ0n) is 6.11. The van der Waals surface area contributed by atoms with Crippen molar-refractivity contribution < 1.29 is 9.47 Å². The number of hydrogen-bond donors (Lipinski definition) is 0. The average Bonchev–Trinajstić information content (AvgIpc) is 1.89. The van der Waals surface area contributed by atoms with Crippen LogP contribution in [0.5, 0.6) is 0 Å².